The average molecular weight is 568 g/mol. The summed E-state index contributed by atoms with van der Waals surface area (Å²) in [7, 11) is 3.73. The number of carbonyl (C=O) groups is 1. The van der Waals surface area contributed by atoms with Gasteiger partial charge >= 0.3 is 0 Å². The van der Waals surface area contributed by atoms with E-state index in [0.717, 1.165) is 62.4 Å². The van der Waals surface area contributed by atoms with Crippen LogP contribution in [0.3, 0.4) is 0 Å². The van der Waals surface area contributed by atoms with Gasteiger partial charge in [-0.2, -0.15) is 0 Å². The fraction of sp³-hybridized carbons (Fsp3) is 0.360. The molecule has 205 valence electrons. The normalized spacial score (nSPS) is 14.0. The van der Waals surface area contributed by atoms with Crippen LogP contribution in [0.4, 0.5) is 8.78 Å². The number of nitrogens with one attached hydrogen (secondary N) is 2. The number of hydrazine groups is 1. The molecule has 3 aromatic rings. The van der Waals surface area contributed by atoms with Crippen molar-refractivity contribution in [3.05, 3.63) is 71.6 Å². The number of ether oxygens (including phenoxy) is 1. The number of nitrogens with two attached hydrogens (primary N) is 1. The average Bonchev–Trinajstić information content (AvgIpc) is 3.34. The molecule has 2 aromatic carbocycles. The Hall–Kier alpha value is -3.16. The number of benzene rings is 2. The van der Waals surface area contributed by atoms with Gasteiger partial charge in [0.25, 0.3) is 5.91 Å². The third kappa shape index (κ3) is 9.62. The van der Waals surface area contributed by atoms with Crippen molar-refractivity contribution in [2.75, 3.05) is 40.3 Å². The summed E-state index contributed by atoms with van der Waals surface area (Å²) in [6, 6.07) is 11.5. The molecular weight excluding hydrogens is 533 g/mol. The molecule has 0 fully saturated rings. The minimum Gasteiger partial charge on any atom is -0.483 e. The van der Waals surface area contributed by atoms with E-state index in [-0.39, 0.29) is 37.6 Å². The van der Waals surface area contributed by atoms with Crippen molar-refractivity contribution in [2.45, 2.75) is 20.5 Å². The Balaban J connectivity index is 0.000000292. The Morgan fingerprint density at radius 2 is 1.68 bits per heavy atom. The minimum absolute atomic E-state index is 0. The van der Waals surface area contributed by atoms with E-state index in [2.05, 4.69) is 37.0 Å². The van der Waals surface area contributed by atoms with Crippen LogP contribution in [0.15, 0.2) is 53.5 Å². The van der Waals surface area contributed by atoms with Crippen LogP contribution in [0, 0.1) is 11.6 Å². The summed E-state index contributed by atoms with van der Waals surface area (Å²) in [6.45, 7) is 5.30. The first-order chi connectivity index (χ1) is 17.4. The number of nitrogen functional groups attached to an aromatic ring is 1. The summed E-state index contributed by atoms with van der Waals surface area (Å²) < 4.78 is 32.1. The number of rotatable bonds is 2. The molecule has 0 bridgehead atoms. The fourth-order valence-corrected chi connectivity index (χ4v) is 3.42. The van der Waals surface area contributed by atoms with Gasteiger partial charge in [-0.15, -0.1) is 10.2 Å². The van der Waals surface area contributed by atoms with Gasteiger partial charge in [0.15, 0.2) is 11.7 Å². The third-order valence-electron chi connectivity index (χ3n) is 5.37. The predicted octanol–water partition coefficient (Wildman–Crippen LogP) is 2.23. The fourth-order valence-electron chi connectivity index (χ4n) is 3.42. The van der Waals surface area contributed by atoms with Crippen molar-refractivity contribution < 1.29 is 36.9 Å². The van der Waals surface area contributed by atoms with Crippen LogP contribution in [-0.4, -0.2) is 71.8 Å². The van der Waals surface area contributed by atoms with Crippen LogP contribution in [-0.2, 0) is 36.4 Å². The van der Waals surface area contributed by atoms with Crippen LogP contribution in [0.25, 0.3) is 11.4 Å². The molecule has 0 aliphatic carbocycles. The molecule has 38 heavy (non-hydrogen) atoms. The number of fused-ring (bicyclic) bond motifs is 1. The predicted molar refractivity (Wildman–Crippen MR) is 139 cm³/mol. The molecule has 10 nitrogen and oxygen atoms in total. The number of methoxy groups -OCH3 is 1. The number of likely N-dealkylation sites (N-methyl/N-ethyl adjacent to an activating group) is 1. The number of aliphatic imine (C=N–C) groups is 1. The summed E-state index contributed by atoms with van der Waals surface area (Å²) in [4.78, 5) is 17.1. The SMILES string of the molecule is C.COC1=NCCN(C)C1.Fc1ccc(-c2nnc3n2CCNC3)cc1.NNC(=O)c1ccc(F)cc1.[V]. The van der Waals surface area contributed by atoms with Gasteiger partial charge in [0.1, 0.15) is 17.5 Å². The number of hydrogen-bond acceptors (Lipinski definition) is 8. The first kappa shape index (κ1) is 32.9. The molecule has 2 aliphatic heterocycles. The monoisotopic (exact) mass is 567 g/mol. The number of aromatic nitrogens is 3. The van der Waals surface area contributed by atoms with E-state index in [9.17, 15) is 13.6 Å². The second kappa shape index (κ2) is 16.6. The number of carbonyl (C=O) groups excluding carboxylic acids is 1. The second-order valence-corrected chi connectivity index (χ2v) is 7.97. The maximum absolute atomic E-state index is 12.8. The van der Waals surface area contributed by atoms with E-state index in [1.807, 2.05) is 5.43 Å². The maximum atomic E-state index is 12.8. The number of halogens is 2. The Kier molecular flexibility index (Phi) is 14.4. The number of nitrogens with zero attached hydrogens (tertiary/aromatic N) is 5. The molecule has 0 atom stereocenters. The van der Waals surface area contributed by atoms with Crippen molar-refractivity contribution in [3.8, 4) is 11.4 Å². The summed E-state index contributed by atoms with van der Waals surface area (Å²) in [6.07, 6.45) is 0. The van der Waals surface area contributed by atoms with Gasteiger partial charge in [-0.25, -0.2) is 14.6 Å². The summed E-state index contributed by atoms with van der Waals surface area (Å²) in [5.41, 5.74) is 3.19. The Labute approximate surface area is 233 Å². The van der Waals surface area contributed by atoms with Gasteiger partial charge in [-0.3, -0.25) is 20.1 Å². The van der Waals surface area contributed by atoms with Crippen molar-refractivity contribution in [1.29, 1.82) is 0 Å². The van der Waals surface area contributed by atoms with Crippen molar-refractivity contribution in [2.24, 2.45) is 10.8 Å². The van der Waals surface area contributed by atoms with Crippen LogP contribution in [0.2, 0.25) is 0 Å². The van der Waals surface area contributed by atoms with E-state index in [1.54, 1.807) is 19.2 Å². The van der Waals surface area contributed by atoms with Crippen LogP contribution in [0.5, 0.6) is 0 Å². The molecule has 13 heteroatoms. The van der Waals surface area contributed by atoms with Gasteiger partial charge in [0, 0.05) is 49.3 Å². The molecule has 4 N–H and O–H groups in total. The van der Waals surface area contributed by atoms with E-state index in [1.165, 1.54) is 36.4 Å². The first-order valence-corrected chi connectivity index (χ1v) is 11.3. The molecule has 2 aliphatic rings. The van der Waals surface area contributed by atoms with Crippen molar-refractivity contribution in [1.82, 2.24) is 30.4 Å². The van der Waals surface area contributed by atoms with E-state index in [0.29, 0.717) is 5.56 Å². The summed E-state index contributed by atoms with van der Waals surface area (Å²) in [5, 5.41) is 11.5. The van der Waals surface area contributed by atoms with Gasteiger partial charge in [0.05, 0.1) is 26.7 Å². The van der Waals surface area contributed by atoms with E-state index < -0.39 is 5.91 Å². The Bertz CT molecular complexity index is 1160. The quantitative estimate of drug-likeness (QED) is 0.247. The largest absolute Gasteiger partial charge is 0.483 e. The smallest absolute Gasteiger partial charge is 0.265 e. The minimum atomic E-state index is -0.426. The molecule has 1 amide bonds. The Morgan fingerprint density at radius 3 is 2.24 bits per heavy atom. The molecule has 5 rings (SSSR count). The van der Waals surface area contributed by atoms with E-state index in [4.69, 9.17) is 10.6 Å². The van der Waals surface area contributed by atoms with E-state index >= 15 is 0 Å². The number of amides is 1. The zero-order valence-electron chi connectivity index (χ0n) is 20.7. The first-order valence-electron chi connectivity index (χ1n) is 11.3. The Morgan fingerprint density at radius 1 is 1.05 bits per heavy atom. The summed E-state index contributed by atoms with van der Waals surface area (Å²) >= 11 is 0. The molecule has 1 aromatic heterocycles. The topological polar surface area (TPSA) is 123 Å². The molecule has 0 unspecified atom stereocenters. The van der Waals surface area contributed by atoms with Gasteiger partial charge in [-0.05, 0) is 55.6 Å². The van der Waals surface area contributed by atoms with Gasteiger partial charge in [-0.1, -0.05) is 7.43 Å². The zero-order chi connectivity index (χ0) is 25.9. The van der Waals surface area contributed by atoms with Crippen LogP contribution in [0.1, 0.15) is 23.6 Å². The van der Waals surface area contributed by atoms with Crippen LogP contribution < -0.4 is 16.6 Å². The molecule has 0 spiro atoms. The molecule has 1 radical (unpaired) electrons. The molecular formula is C25H34F2N8O2V. The standard InChI is InChI=1S/C11H11FN4.C7H7FN2O.C6H12N2O.CH4.V/c12-9-3-1-8(2-4-9)11-15-14-10-7-13-5-6-16(10)11;8-6-3-1-5(2-4-6)7(11)10-9;1-8-4-3-7-6(5-8)9-2;;/h1-4,13H,5-7H2;1-4H,9H2,(H,10,11);3-5H2,1-2H3;1H4;. The van der Waals surface area contributed by atoms with Crippen molar-refractivity contribution >= 4 is 11.8 Å². The summed E-state index contributed by atoms with van der Waals surface area (Å²) in [5.74, 6) is 6.42. The van der Waals surface area contributed by atoms with Gasteiger partial charge < -0.3 is 14.6 Å². The second-order valence-electron chi connectivity index (χ2n) is 7.97. The van der Waals surface area contributed by atoms with Crippen molar-refractivity contribution in [3.63, 3.8) is 0 Å². The molecule has 0 saturated carbocycles. The third-order valence-corrected chi connectivity index (χ3v) is 5.37. The number of hydrogen-bond donors (Lipinski definition) is 3. The molecule has 3 heterocycles. The molecule has 0 saturated heterocycles. The zero-order valence-corrected chi connectivity index (χ0v) is 22.1. The van der Waals surface area contributed by atoms with Crippen LogP contribution >= 0.6 is 0 Å². The maximum Gasteiger partial charge on any atom is 0.265 e. The van der Waals surface area contributed by atoms with Gasteiger partial charge in [0.2, 0.25) is 0 Å².